The first kappa shape index (κ1) is 13.3. The van der Waals surface area contributed by atoms with Crippen molar-refractivity contribution in [1.82, 2.24) is 5.32 Å². The van der Waals surface area contributed by atoms with Gasteiger partial charge in [-0.25, -0.2) is 0 Å². The molecule has 0 aromatic heterocycles. The quantitative estimate of drug-likeness (QED) is 0.610. The minimum atomic E-state index is -0.355. The number of hydrogen-bond acceptors (Lipinski definition) is 4. The third-order valence-electron chi connectivity index (χ3n) is 2.50. The molecule has 0 saturated carbocycles. The maximum Gasteiger partial charge on any atom is 0.255 e. The number of carbonyl (C=O) groups excluding carboxylic acids is 1. The minimum absolute atomic E-state index is 0.0736. The Morgan fingerprint density at radius 3 is 2.76 bits per heavy atom. The number of carbonyl (C=O) groups is 1. The van der Waals surface area contributed by atoms with Gasteiger partial charge in [0.1, 0.15) is 11.5 Å². The van der Waals surface area contributed by atoms with Gasteiger partial charge in [-0.1, -0.05) is 6.92 Å². The van der Waals surface area contributed by atoms with Crippen LogP contribution in [0.1, 0.15) is 23.7 Å². The van der Waals surface area contributed by atoms with Crippen molar-refractivity contribution in [2.24, 2.45) is 11.7 Å². The van der Waals surface area contributed by atoms with Gasteiger partial charge >= 0.3 is 0 Å². The fraction of sp³-hybridized carbons (Fsp3) is 0.417. The summed E-state index contributed by atoms with van der Waals surface area (Å²) in [5.74, 6) is -0.362. The summed E-state index contributed by atoms with van der Waals surface area (Å²) in [5.41, 5.74) is 5.56. The molecule has 5 N–H and O–H groups in total. The van der Waals surface area contributed by atoms with Crippen molar-refractivity contribution in [2.75, 3.05) is 13.1 Å². The van der Waals surface area contributed by atoms with E-state index in [0.29, 0.717) is 19.0 Å². The minimum Gasteiger partial charge on any atom is -0.508 e. The largest absolute Gasteiger partial charge is 0.508 e. The number of phenolic OH excluding ortho intramolecular Hbond substituents is 2. The van der Waals surface area contributed by atoms with Crippen LogP contribution in [0.5, 0.6) is 11.5 Å². The van der Waals surface area contributed by atoms with Gasteiger partial charge in [0.15, 0.2) is 0 Å². The Morgan fingerprint density at radius 1 is 1.47 bits per heavy atom. The maximum atomic E-state index is 11.7. The molecule has 1 aromatic carbocycles. The molecule has 0 bridgehead atoms. The van der Waals surface area contributed by atoms with Crippen molar-refractivity contribution in [3.63, 3.8) is 0 Å². The van der Waals surface area contributed by atoms with E-state index in [1.54, 1.807) is 0 Å². The molecule has 0 aliphatic heterocycles. The normalized spacial score (nSPS) is 12.1. The molecule has 17 heavy (non-hydrogen) atoms. The monoisotopic (exact) mass is 238 g/mol. The number of hydrogen-bond donors (Lipinski definition) is 4. The first-order valence-corrected chi connectivity index (χ1v) is 5.55. The van der Waals surface area contributed by atoms with Crippen LogP contribution in [0, 0.1) is 5.92 Å². The van der Waals surface area contributed by atoms with Crippen LogP contribution in [-0.2, 0) is 0 Å². The Bertz CT molecular complexity index is 393. The lowest BCUT2D eigenvalue weighted by Gasteiger charge is -2.12. The zero-order valence-electron chi connectivity index (χ0n) is 9.81. The van der Waals surface area contributed by atoms with E-state index in [-0.39, 0.29) is 23.0 Å². The Labute approximate surface area is 100 Å². The van der Waals surface area contributed by atoms with E-state index in [1.165, 1.54) is 12.1 Å². The summed E-state index contributed by atoms with van der Waals surface area (Å²) in [6.45, 7) is 3.08. The van der Waals surface area contributed by atoms with Crippen LogP contribution >= 0.6 is 0 Å². The van der Waals surface area contributed by atoms with E-state index >= 15 is 0 Å². The second-order valence-corrected chi connectivity index (χ2v) is 4.09. The van der Waals surface area contributed by atoms with E-state index in [4.69, 9.17) is 10.8 Å². The molecule has 0 saturated heterocycles. The molecule has 0 radical (unpaired) electrons. The molecule has 1 rings (SSSR count). The highest BCUT2D eigenvalue weighted by Crippen LogP contribution is 2.22. The second kappa shape index (κ2) is 6.10. The van der Waals surface area contributed by atoms with Crippen LogP contribution in [0.25, 0.3) is 0 Å². The summed E-state index contributed by atoms with van der Waals surface area (Å²) >= 11 is 0. The van der Waals surface area contributed by atoms with E-state index in [9.17, 15) is 9.90 Å². The van der Waals surface area contributed by atoms with Gasteiger partial charge in [0.05, 0.1) is 5.56 Å². The standard InChI is InChI=1S/C12H18N2O3/c1-8(4-5-13)7-14-12(17)10-3-2-9(15)6-11(10)16/h2-3,6,8,15-16H,4-5,7,13H2,1H3,(H,14,17). The van der Waals surface area contributed by atoms with Crippen molar-refractivity contribution in [1.29, 1.82) is 0 Å². The number of amides is 1. The van der Waals surface area contributed by atoms with Crippen LogP contribution in [0.15, 0.2) is 18.2 Å². The van der Waals surface area contributed by atoms with Crippen molar-refractivity contribution < 1.29 is 15.0 Å². The molecule has 94 valence electrons. The van der Waals surface area contributed by atoms with Gasteiger partial charge in [-0.3, -0.25) is 4.79 Å². The zero-order chi connectivity index (χ0) is 12.8. The Morgan fingerprint density at radius 2 is 2.18 bits per heavy atom. The van der Waals surface area contributed by atoms with Gasteiger partial charge in [0, 0.05) is 12.6 Å². The molecule has 5 nitrogen and oxygen atoms in total. The molecule has 1 unspecified atom stereocenters. The highest BCUT2D eigenvalue weighted by atomic mass is 16.3. The summed E-state index contributed by atoms with van der Waals surface area (Å²) in [4.78, 5) is 11.7. The third kappa shape index (κ3) is 3.96. The second-order valence-electron chi connectivity index (χ2n) is 4.09. The third-order valence-corrected chi connectivity index (χ3v) is 2.50. The molecular formula is C12H18N2O3. The van der Waals surface area contributed by atoms with Crippen LogP contribution in [-0.4, -0.2) is 29.2 Å². The summed E-state index contributed by atoms with van der Waals surface area (Å²) in [5, 5.41) is 21.3. The maximum absolute atomic E-state index is 11.7. The Balaban J connectivity index is 2.58. The van der Waals surface area contributed by atoms with Gasteiger partial charge in [-0.05, 0) is 31.0 Å². The van der Waals surface area contributed by atoms with Gasteiger partial charge in [-0.2, -0.15) is 0 Å². The summed E-state index contributed by atoms with van der Waals surface area (Å²) < 4.78 is 0. The molecule has 1 atom stereocenters. The van der Waals surface area contributed by atoms with E-state index in [2.05, 4.69) is 5.32 Å². The number of benzene rings is 1. The number of aromatic hydroxyl groups is 2. The molecule has 1 amide bonds. The van der Waals surface area contributed by atoms with Gasteiger partial charge in [0.2, 0.25) is 0 Å². The van der Waals surface area contributed by atoms with E-state index < -0.39 is 0 Å². The van der Waals surface area contributed by atoms with Crippen molar-refractivity contribution in [3.05, 3.63) is 23.8 Å². The van der Waals surface area contributed by atoms with E-state index in [0.717, 1.165) is 12.5 Å². The number of rotatable bonds is 5. The lowest BCUT2D eigenvalue weighted by Crippen LogP contribution is -2.29. The predicted molar refractivity (Wildman–Crippen MR) is 64.9 cm³/mol. The average molecular weight is 238 g/mol. The van der Waals surface area contributed by atoms with Crippen molar-refractivity contribution >= 4 is 5.91 Å². The number of phenols is 2. The Hall–Kier alpha value is -1.75. The van der Waals surface area contributed by atoms with Gasteiger partial charge in [-0.15, -0.1) is 0 Å². The van der Waals surface area contributed by atoms with E-state index in [1.807, 2.05) is 6.92 Å². The first-order chi connectivity index (χ1) is 8.04. The fourth-order valence-corrected chi connectivity index (χ4v) is 1.46. The molecule has 0 spiro atoms. The summed E-state index contributed by atoms with van der Waals surface area (Å²) in [6, 6.07) is 3.88. The predicted octanol–water partition coefficient (Wildman–Crippen LogP) is 0.812. The van der Waals surface area contributed by atoms with Crippen LogP contribution in [0.2, 0.25) is 0 Å². The number of nitrogens with one attached hydrogen (secondary N) is 1. The van der Waals surface area contributed by atoms with Crippen molar-refractivity contribution in [2.45, 2.75) is 13.3 Å². The van der Waals surface area contributed by atoms with Crippen LogP contribution in [0.3, 0.4) is 0 Å². The molecule has 0 fully saturated rings. The molecule has 5 heteroatoms. The molecule has 0 aliphatic rings. The molecule has 0 aliphatic carbocycles. The molecule has 1 aromatic rings. The van der Waals surface area contributed by atoms with Crippen LogP contribution in [0.4, 0.5) is 0 Å². The first-order valence-electron chi connectivity index (χ1n) is 5.55. The smallest absolute Gasteiger partial charge is 0.255 e. The van der Waals surface area contributed by atoms with Gasteiger partial charge < -0.3 is 21.3 Å². The SMILES string of the molecule is CC(CCN)CNC(=O)c1ccc(O)cc1O. The molecule has 0 heterocycles. The molecular weight excluding hydrogens is 220 g/mol. The number of nitrogens with two attached hydrogens (primary N) is 1. The topological polar surface area (TPSA) is 95.6 Å². The van der Waals surface area contributed by atoms with Crippen LogP contribution < -0.4 is 11.1 Å². The van der Waals surface area contributed by atoms with Gasteiger partial charge in [0.25, 0.3) is 5.91 Å². The summed E-state index contributed by atoms with van der Waals surface area (Å²) in [6.07, 6.45) is 0.835. The average Bonchev–Trinajstić information content (AvgIpc) is 2.26. The lowest BCUT2D eigenvalue weighted by molar-refractivity contribution is 0.0945. The van der Waals surface area contributed by atoms with Crippen molar-refractivity contribution in [3.8, 4) is 11.5 Å². The highest BCUT2D eigenvalue weighted by Gasteiger charge is 2.12. The highest BCUT2D eigenvalue weighted by molar-refractivity contribution is 5.96. The zero-order valence-corrected chi connectivity index (χ0v) is 9.81. The lowest BCUT2D eigenvalue weighted by atomic mass is 10.1. The summed E-state index contributed by atoms with van der Waals surface area (Å²) in [7, 11) is 0. The fourth-order valence-electron chi connectivity index (χ4n) is 1.46. The Kier molecular flexibility index (Phi) is 4.78.